The Balaban J connectivity index is 1.52. The lowest BCUT2D eigenvalue weighted by atomic mass is 10.1. The predicted molar refractivity (Wildman–Crippen MR) is 116 cm³/mol. The molecule has 0 atom stereocenters. The van der Waals surface area contributed by atoms with Crippen LogP contribution < -0.4 is 5.43 Å². The van der Waals surface area contributed by atoms with Gasteiger partial charge in [-0.2, -0.15) is 5.10 Å². The first-order valence-corrected chi connectivity index (χ1v) is 9.68. The van der Waals surface area contributed by atoms with Gasteiger partial charge in [0.05, 0.1) is 17.1 Å². The topological polar surface area (TPSA) is 63.1 Å². The van der Waals surface area contributed by atoms with E-state index in [0.29, 0.717) is 5.82 Å². The van der Waals surface area contributed by atoms with Crippen molar-refractivity contribution in [2.75, 3.05) is 5.43 Å². The number of hydrogen-bond donors (Lipinski definition) is 1. The number of para-hydroxylation sites is 1. The summed E-state index contributed by atoms with van der Waals surface area (Å²) in [6.45, 7) is 0. The highest BCUT2D eigenvalue weighted by Crippen LogP contribution is 2.36. The predicted octanol–water partition coefficient (Wildman–Crippen LogP) is 5.35. The summed E-state index contributed by atoms with van der Waals surface area (Å²) in [6, 6.07) is 20.2. The van der Waals surface area contributed by atoms with Gasteiger partial charge in [-0.15, -0.1) is 11.3 Å². The van der Waals surface area contributed by atoms with Crippen molar-refractivity contribution >= 4 is 44.5 Å². The lowest BCUT2D eigenvalue weighted by molar-refractivity contribution is 1.19. The second-order valence-electron chi connectivity index (χ2n) is 6.21. The number of nitrogens with zero attached hydrogens (tertiary/aromatic N) is 4. The van der Waals surface area contributed by atoms with E-state index in [1.54, 1.807) is 30.1 Å². The maximum Gasteiger partial charge on any atom is 0.159 e. The molecule has 1 N–H and O–H groups in total. The van der Waals surface area contributed by atoms with Crippen LogP contribution in [0.3, 0.4) is 0 Å². The molecule has 0 aliphatic rings. The minimum Gasteiger partial charge on any atom is -0.261 e. The largest absolute Gasteiger partial charge is 0.261 e. The van der Waals surface area contributed by atoms with Gasteiger partial charge < -0.3 is 0 Å². The average Bonchev–Trinajstić information content (AvgIpc) is 3.20. The fourth-order valence-corrected chi connectivity index (χ4v) is 4.10. The zero-order chi connectivity index (χ0) is 18.8. The van der Waals surface area contributed by atoms with Crippen LogP contribution in [0.15, 0.2) is 83.7 Å². The Labute approximate surface area is 165 Å². The fraction of sp³-hybridized carbons (Fsp3) is 0. The lowest BCUT2D eigenvalue weighted by Gasteiger charge is -2.05. The number of fused-ring (bicyclic) bond motifs is 2. The summed E-state index contributed by atoms with van der Waals surface area (Å²) in [5.41, 5.74) is 7.28. The van der Waals surface area contributed by atoms with E-state index in [-0.39, 0.29) is 0 Å². The van der Waals surface area contributed by atoms with E-state index in [1.165, 1.54) is 0 Å². The third-order valence-corrected chi connectivity index (χ3v) is 5.40. The maximum absolute atomic E-state index is 4.44. The molecule has 0 unspecified atom stereocenters. The smallest absolute Gasteiger partial charge is 0.159 e. The summed E-state index contributed by atoms with van der Waals surface area (Å²) in [7, 11) is 0. The van der Waals surface area contributed by atoms with Crippen molar-refractivity contribution in [2.24, 2.45) is 5.10 Å². The van der Waals surface area contributed by atoms with Crippen LogP contribution in [0.1, 0.15) is 5.56 Å². The lowest BCUT2D eigenvalue weighted by Crippen LogP contribution is -1.96. The number of rotatable bonds is 4. The zero-order valence-electron chi connectivity index (χ0n) is 14.8. The Kier molecular flexibility index (Phi) is 4.23. The highest BCUT2D eigenvalue weighted by molar-refractivity contribution is 7.17. The third-order valence-electron chi connectivity index (χ3n) is 4.51. The van der Waals surface area contributed by atoms with Gasteiger partial charge in [0.1, 0.15) is 11.2 Å². The number of thiophene rings is 1. The number of benzene rings is 2. The van der Waals surface area contributed by atoms with Crippen molar-refractivity contribution in [1.29, 1.82) is 0 Å². The molecule has 0 radical (unpaired) electrons. The SMILES string of the molecule is C(=N/Nc1ncnc2scc(-c3ccccc3)c12)/c1ccnc2ccccc12. The molecule has 0 fully saturated rings. The number of anilines is 1. The van der Waals surface area contributed by atoms with E-state index >= 15 is 0 Å². The van der Waals surface area contributed by atoms with Crippen molar-refractivity contribution in [3.8, 4) is 11.1 Å². The average molecular weight is 381 g/mol. The summed E-state index contributed by atoms with van der Waals surface area (Å²) in [5, 5.41) is 8.59. The molecule has 0 amide bonds. The van der Waals surface area contributed by atoms with Gasteiger partial charge in [0.15, 0.2) is 5.82 Å². The summed E-state index contributed by atoms with van der Waals surface area (Å²) >= 11 is 1.60. The molecule has 0 saturated carbocycles. The number of hydrogen-bond acceptors (Lipinski definition) is 6. The van der Waals surface area contributed by atoms with Crippen molar-refractivity contribution in [1.82, 2.24) is 15.0 Å². The van der Waals surface area contributed by atoms with Gasteiger partial charge in [0, 0.05) is 28.1 Å². The fourth-order valence-electron chi connectivity index (χ4n) is 3.18. The molecule has 0 aliphatic heterocycles. The molecule has 0 spiro atoms. The van der Waals surface area contributed by atoms with Crippen molar-refractivity contribution in [2.45, 2.75) is 0 Å². The van der Waals surface area contributed by atoms with Gasteiger partial charge >= 0.3 is 0 Å². The van der Waals surface area contributed by atoms with Crippen LogP contribution in [0.25, 0.3) is 32.2 Å². The molecule has 0 aliphatic carbocycles. The molecule has 28 heavy (non-hydrogen) atoms. The van der Waals surface area contributed by atoms with Crippen molar-refractivity contribution in [3.05, 3.63) is 84.1 Å². The minimum absolute atomic E-state index is 0.694. The molecule has 3 aromatic heterocycles. The first-order chi connectivity index (χ1) is 13.9. The number of nitrogens with one attached hydrogen (secondary N) is 1. The Morgan fingerprint density at radius 3 is 2.68 bits per heavy atom. The van der Waals surface area contributed by atoms with Crippen LogP contribution in [0.4, 0.5) is 5.82 Å². The number of aromatic nitrogens is 3. The van der Waals surface area contributed by atoms with E-state index in [1.807, 2.05) is 48.5 Å². The normalized spacial score (nSPS) is 11.4. The molecule has 5 nitrogen and oxygen atoms in total. The Morgan fingerprint density at radius 1 is 0.893 bits per heavy atom. The van der Waals surface area contributed by atoms with Crippen molar-refractivity contribution < 1.29 is 0 Å². The van der Waals surface area contributed by atoms with Gasteiger partial charge in [-0.1, -0.05) is 48.5 Å². The first kappa shape index (κ1) is 16.5. The summed E-state index contributed by atoms with van der Waals surface area (Å²) in [5.74, 6) is 0.694. The second kappa shape index (κ2) is 7.17. The van der Waals surface area contributed by atoms with Gasteiger partial charge in [-0.25, -0.2) is 9.97 Å². The summed E-state index contributed by atoms with van der Waals surface area (Å²) < 4.78 is 0. The molecule has 3 heterocycles. The molecule has 134 valence electrons. The monoisotopic (exact) mass is 381 g/mol. The van der Waals surface area contributed by atoms with Crippen LogP contribution in [-0.2, 0) is 0 Å². The number of hydrazone groups is 1. The molecule has 5 rings (SSSR count). The molecule has 6 heteroatoms. The molecular formula is C22H15N5S. The molecule has 0 saturated heterocycles. The summed E-state index contributed by atoms with van der Waals surface area (Å²) in [6.07, 6.45) is 5.15. The highest BCUT2D eigenvalue weighted by Gasteiger charge is 2.12. The third kappa shape index (κ3) is 3.00. The highest BCUT2D eigenvalue weighted by atomic mass is 32.1. The Morgan fingerprint density at radius 2 is 1.75 bits per heavy atom. The van der Waals surface area contributed by atoms with Gasteiger partial charge in [-0.3, -0.25) is 10.4 Å². The van der Waals surface area contributed by atoms with E-state index in [2.05, 4.69) is 43.0 Å². The van der Waals surface area contributed by atoms with E-state index in [4.69, 9.17) is 0 Å². The van der Waals surface area contributed by atoms with Gasteiger partial charge in [0.2, 0.25) is 0 Å². The van der Waals surface area contributed by atoms with Crippen LogP contribution in [0.2, 0.25) is 0 Å². The van der Waals surface area contributed by atoms with Crippen molar-refractivity contribution in [3.63, 3.8) is 0 Å². The molecule has 2 aromatic carbocycles. The summed E-state index contributed by atoms with van der Waals surface area (Å²) in [4.78, 5) is 14.1. The van der Waals surface area contributed by atoms with Gasteiger partial charge in [-0.05, 0) is 17.7 Å². The first-order valence-electron chi connectivity index (χ1n) is 8.80. The van der Waals surface area contributed by atoms with Crippen LogP contribution >= 0.6 is 11.3 Å². The Hall–Kier alpha value is -3.64. The van der Waals surface area contributed by atoms with Crippen LogP contribution in [-0.4, -0.2) is 21.2 Å². The van der Waals surface area contributed by atoms with Crippen LogP contribution in [0.5, 0.6) is 0 Å². The molecular weight excluding hydrogens is 366 g/mol. The number of pyridine rings is 1. The second-order valence-corrected chi connectivity index (χ2v) is 7.06. The maximum atomic E-state index is 4.44. The quantitative estimate of drug-likeness (QED) is 0.337. The Bertz CT molecular complexity index is 1290. The molecule has 0 bridgehead atoms. The standard InChI is InChI=1S/C22H15N5S/c1-2-6-15(7-3-1)18-13-28-22-20(18)21(24-14-25-22)27-26-12-16-10-11-23-19-9-5-4-8-17(16)19/h1-14H,(H,24,25,27)/b26-12-. The molecule has 5 aromatic rings. The minimum atomic E-state index is 0.694. The zero-order valence-corrected chi connectivity index (χ0v) is 15.6. The van der Waals surface area contributed by atoms with Gasteiger partial charge in [0.25, 0.3) is 0 Å². The van der Waals surface area contributed by atoms with E-state index in [0.717, 1.165) is 37.8 Å². The van der Waals surface area contributed by atoms with Crippen LogP contribution in [0, 0.1) is 0 Å². The van der Waals surface area contributed by atoms with E-state index in [9.17, 15) is 0 Å². The van der Waals surface area contributed by atoms with E-state index < -0.39 is 0 Å².